The minimum Gasteiger partial charge on any atom is -0.497 e. The van der Waals surface area contributed by atoms with Crippen molar-refractivity contribution in [3.8, 4) is 16.2 Å². The van der Waals surface area contributed by atoms with Crippen LogP contribution in [0.2, 0.25) is 0 Å². The van der Waals surface area contributed by atoms with Gasteiger partial charge in [0.25, 0.3) is 0 Å². The van der Waals surface area contributed by atoms with E-state index in [1.165, 1.54) is 10.4 Å². The minimum absolute atomic E-state index is 0.365. The molecular weight excluding hydrogens is 316 g/mol. The summed E-state index contributed by atoms with van der Waals surface area (Å²) in [6.45, 7) is -0.729. The summed E-state index contributed by atoms with van der Waals surface area (Å²) in [6, 6.07) is 10.1. The fourth-order valence-corrected chi connectivity index (χ4v) is 3.59. The molecule has 0 radical (unpaired) electrons. The summed E-state index contributed by atoms with van der Waals surface area (Å²) in [4.78, 5) is 1.22. The molecule has 0 spiro atoms. The Morgan fingerprint density at radius 2 is 1.75 bits per heavy atom. The van der Waals surface area contributed by atoms with E-state index in [4.69, 9.17) is 32.3 Å². The van der Waals surface area contributed by atoms with Crippen LogP contribution in [0.25, 0.3) is 10.4 Å². The maximum absolute atomic E-state index is 8.17. The predicted molar refractivity (Wildman–Crippen MR) is 85.2 cm³/mol. The van der Waals surface area contributed by atoms with Crippen LogP contribution in [0.4, 0.5) is 0 Å². The number of aliphatic hydroxyl groups is 3. The molecule has 0 amide bonds. The minimum atomic E-state index is -0.954. The van der Waals surface area contributed by atoms with Gasteiger partial charge in [0, 0.05) is 4.88 Å². The van der Waals surface area contributed by atoms with Crippen LogP contribution in [-0.4, -0.2) is 41.7 Å². The van der Waals surface area contributed by atoms with E-state index in [1.54, 1.807) is 27.8 Å². The van der Waals surface area contributed by atoms with E-state index < -0.39 is 6.10 Å². The molecule has 1 heterocycles. The lowest BCUT2D eigenvalue weighted by Gasteiger charge is -2.00. The van der Waals surface area contributed by atoms with Gasteiger partial charge >= 0.3 is 0 Å². The lowest BCUT2D eigenvalue weighted by atomic mass is 10.2. The average Bonchev–Trinajstić information content (AvgIpc) is 2.93. The first-order chi connectivity index (χ1) is 9.60. The van der Waals surface area contributed by atoms with E-state index in [0.717, 1.165) is 9.57 Å². The van der Waals surface area contributed by atoms with Crippen molar-refractivity contribution in [2.45, 2.75) is 6.10 Å². The van der Waals surface area contributed by atoms with Crippen LogP contribution >= 0.6 is 32.9 Å². The molecule has 1 aromatic carbocycles. The smallest absolute Gasteiger partial charge is 0.118 e. The number of hydrogen-bond acceptors (Lipinski definition) is 7. The molecule has 2 aromatic rings. The molecule has 0 saturated heterocycles. The van der Waals surface area contributed by atoms with E-state index in [1.807, 2.05) is 30.3 Å². The molecule has 0 bridgehead atoms. The van der Waals surface area contributed by atoms with E-state index in [0.29, 0.717) is 0 Å². The molecule has 0 aliphatic heterocycles. The molecule has 0 aliphatic rings. The second kappa shape index (κ2) is 9.17. The van der Waals surface area contributed by atoms with Crippen LogP contribution < -0.4 is 4.74 Å². The molecular formula is C13H16O4S3. The van der Waals surface area contributed by atoms with Crippen molar-refractivity contribution < 1.29 is 20.1 Å². The molecule has 0 fully saturated rings. The zero-order chi connectivity index (χ0) is 15.0. The second-order valence-electron chi connectivity index (χ2n) is 3.74. The van der Waals surface area contributed by atoms with Gasteiger partial charge in [0.1, 0.15) is 15.7 Å². The molecule has 0 atom stereocenters. The van der Waals surface area contributed by atoms with E-state index in [2.05, 4.69) is 0 Å². The highest BCUT2D eigenvalue weighted by Gasteiger charge is 2.00. The van der Waals surface area contributed by atoms with Crippen LogP contribution in [0.1, 0.15) is 0 Å². The lowest BCUT2D eigenvalue weighted by molar-refractivity contribution is 0.0450. The van der Waals surface area contributed by atoms with Crippen molar-refractivity contribution in [2.24, 2.45) is 0 Å². The van der Waals surface area contributed by atoms with Gasteiger partial charge in [0.2, 0.25) is 0 Å². The third-order valence-electron chi connectivity index (χ3n) is 2.26. The van der Waals surface area contributed by atoms with Crippen LogP contribution in [0.15, 0.2) is 30.3 Å². The highest BCUT2D eigenvalue weighted by atomic mass is 32.9. The summed E-state index contributed by atoms with van der Waals surface area (Å²) in [5.74, 6) is 0.882. The van der Waals surface area contributed by atoms with Gasteiger partial charge in [-0.3, -0.25) is 0 Å². The largest absolute Gasteiger partial charge is 0.497 e. The first-order valence-electron chi connectivity index (χ1n) is 5.75. The number of ether oxygens (including phenoxy) is 1. The normalized spacial score (nSPS) is 10.1. The topological polar surface area (TPSA) is 69.9 Å². The summed E-state index contributed by atoms with van der Waals surface area (Å²) in [5.41, 5.74) is 1.20. The van der Waals surface area contributed by atoms with Crippen molar-refractivity contribution in [1.29, 1.82) is 0 Å². The fourth-order valence-electron chi connectivity index (χ4n) is 1.19. The monoisotopic (exact) mass is 332 g/mol. The maximum Gasteiger partial charge on any atom is 0.118 e. The predicted octanol–water partition coefficient (Wildman–Crippen LogP) is 2.55. The molecule has 7 heteroatoms. The molecule has 1 aromatic heterocycles. The summed E-state index contributed by atoms with van der Waals surface area (Å²) >= 11 is 5.09. The highest BCUT2D eigenvalue weighted by Crippen LogP contribution is 2.30. The fraction of sp³-hybridized carbons (Fsp3) is 0.308. The Hall–Kier alpha value is -0.830. The molecule has 0 unspecified atom stereocenters. The Labute approximate surface area is 129 Å². The van der Waals surface area contributed by atoms with Crippen LogP contribution in [0.5, 0.6) is 5.75 Å². The Balaban J connectivity index is 0.000000286. The van der Waals surface area contributed by atoms with Crippen molar-refractivity contribution in [3.05, 3.63) is 34.2 Å². The highest BCUT2D eigenvalue weighted by molar-refractivity contribution is 7.80. The van der Waals surface area contributed by atoms with Crippen LogP contribution in [-0.2, 0) is 0 Å². The third kappa shape index (κ3) is 5.66. The van der Waals surface area contributed by atoms with E-state index in [9.17, 15) is 0 Å². The number of rotatable bonds is 4. The standard InChI is InChI=1S/C10H8OS3.C3H8O3/c1-11-8-4-2-7(3-5-8)9-6-10(12)14-13-9;4-1-3(6)2-5/h2-6H,1H3;3-6H,1-2H2. The molecule has 2 rings (SSSR count). The Morgan fingerprint density at radius 3 is 2.10 bits per heavy atom. The Kier molecular flexibility index (Phi) is 7.90. The van der Waals surface area contributed by atoms with Crippen molar-refractivity contribution >= 4 is 32.9 Å². The number of benzene rings is 1. The SMILES string of the molecule is COc1ccc(-c2cc(=S)ss2)cc1.OCC(O)CO. The van der Waals surface area contributed by atoms with Crippen molar-refractivity contribution in [2.75, 3.05) is 20.3 Å². The molecule has 20 heavy (non-hydrogen) atoms. The van der Waals surface area contributed by atoms with E-state index >= 15 is 0 Å². The quantitative estimate of drug-likeness (QED) is 0.593. The first kappa shape index (κ1) is 17.2. The zero-order valence-electron chi connectivity index (χ0n) is 10.9. The lowest BCUT2D eigenvalue weighted by Crippen LogP contribution is -2.15. The third-order valence-corrected chi connectivity index (χ3v) is 5.17. The van der Waals surface area contributed by atoms with Gasteiger partial charge in [-0.2, -0.15) is 0 Å². The molecule has 3 N–H and O–H groups in total. The maximum atomic E-state index is 8.17. The summed E-state index contributed by atoms with van der Waals surface area (Å²) in [5, 5.41) is 24.0. The average molecular weight is 332 g/mol. The van der Waals surface area contributed by atoms with Gasteiger partial charge in [-0.05, 0) is 35.9 Å². The van der Waals surface area contributed by atoms with Gasteiger partial charge in [0.05, 0.1) is 20.3 Å². The zero-order valence-corrected chi connectivity index (χ0v) is 13.3. The molecule has 0 saturated carbocycles. The molecule has 4 nitrogen and oxygen atoms in total. The molecule has 0 aliphatic carbocycles. The van der Waals surface area contributed by atoms with Crippen LogP contribution in [0.3, 0.4) is 0 Å². The number of aliphatic hydroxyl groups excluding tert-OH is 3. The van der Waals surface area contributed by atoms with Gasteiger partial charge in [-0.25, -0.2) is 0 Å². The second-order valence-corrected chi connectivity index (χ2v) is 6.65. The number of hydrogen-bond donors (Lipinski definition) is 3. The Morgan fingerprint density at radius 1 is 1.15 bits per heavy atom. The van der Waals surface area contributed by atoms with Gasteiger partial charge in [0.15, 0.2) is 0 Å². The number of methoxy groups -OCH3 is 1. The first-order valence-corrected chi connectivity index (χ1v) is 8.31. The summed E-state index contributed by atoms with van der Waals surface area (Å²) in [7, 11) is 5.02. The van der Waals surface area contributed by atoms with E-state index in [-0.39, 0.29) is 13.2 Å². The summed E-state index contributed by atoms with van der Waals surface area (Å²) < 4.78 is 6.04. The summed E-state index contributed by atoms with van der Waals surface area (Å²) in [6.07, 6.45) is -0.954. The van der Waals surface area contributed by atoms with Gasteiger partial charge in [-0.15, -0.1) is 0 Å². The Bertz CT molecular complexity index is 543. The van der Waals surface area contributed by atoms with Crippen molar-refractivity contribution in [1.82, 2.24) is 0 Å². The van der Waals surface area contributed by atoms with Gasteiger partial charge in [-0.1, -0.05) is 32.9 Å². The van der Waals surface area contributed by atoms with Crippen molar-refractivity contribution in [3.63, 3.8) is 0 Å². The van der Waals surface area contributed by atoms with Gasteiger partial charge < -0.3 is 20.1 Å². The molecule has 110 valence electrons. The van der Waals surface area contributed by atoms with Crippen LogP contribution in [0, 0.1) is 3.82 Å².